The summed E-state index contributed by atoms with van der Waals surface area (Å²) in [6.45, 7) is 9.95. The van der Waals surface area contributed by atoms with Crippen molar-refractivity contribution in [2.24, 2.45) is 0 Å². The number of esters is 2. The van der Waals surface area contributed by atoms with E-state index in [9.17, 15) is 9.59 Å². The lowest BCUT2D eigenvalue weighted by molar-refractivity contribution is -0.147. The zero-order chi connectivity index (χ0) is 20.6. The number of ether oxygens (including phenoxy) is 2. The van der Waals surface area contributed by atoms with Crippen LogP contribution in [0.15, 0.2) is 24.3 Å². The van der Waals surface area contributed by atoms with E-state index < -0.39 is 44.2 Å². The van der Waals surface area contributed by atoms with Gasteiger partial charge >= 0.3 is 11.9 Å². The molecule has 0 aliphatic heterocycles. The minimum Gasteiger partial charge on any atom is -0.459 e. The summed E-state index contributed by atoms with van der Waals surface area (Å²) in [7, 11) is 0. The quantitative estimate of drug-likeness (QED) is 0.240. The van der Waals surface area contributed by atoms with E-state index in [1.54, 1.807) is 13.8 Å². The van der Waals surface area contributed by atoms with Crippen molar-refractivity contribution in [1.82, 2.24) is 0 Å². The number of hydrogen-bond acceptors (Lipinski definition) is 4. The van der Waals surface area contributed by atoms with Crippen molar-refractivity contribution in [2.75, 3.05) is 13.2 Å². The molecular formula is C16H20Cl6O4. The Morgan fingerprint density at radius 2 is 0.846 bits per heavy atom. The Morgan fingerprint density at radius 1 is 0.654 bits per heavy atom. The van der Waals surface area contributed by atoms with E-state index in [0.29, 0.717) is 11.1 Å². The molecule has 0 saturated heterocycles. The fraction of sp³-hybridized carbons (Fsp3) is 0.625. The van der Waals surface area contributed by atoms with Gasteiger partial charge in [-0.25, -0.2) is 9.59 Å². The average Bonchev–Trinajstić information content (AvgIpc) is 2.60. The molecule has 0 aromatic heterocycles. The van der Waals surface area contributed by atoms with Gasteiger partial charge in [0, 0.05) is 11.1 Å². The maximum atomic E-state index is 10.8. The maximum absolute atomic E-state index is 10.8. The van der Waals surface area contributed by atoms with Crippen molar-refractivity contribution in [3.63, 3.8) is 0 Å². The van der Waals surface area contributed by atoms with Crippen LogP contribution in [0.2, 0.25) is 0 Å². The minimum atomic E-state index is -0.489. The van der Waals surface area contributed by atoms with Gasteiger partial charge in [0.1, 0.15) is 13.2 Å². The summed E-state index contributed by atoms with van der Waals surface area (Å²) >= 11 is 35.3. The van der Waals surface area contributed by atoms with Crippen LogP contribution in [0.1, 0.15) is 13.8 Å². The Bertz CT molecular complexity index is 440. The largest absolute Gasteiger partial charge is 0.459 e. The van der Waals surface area contributed by atoms with Gasteiger partial charge in [-0.15, -0.1) is 69.6 Å². The number of rotatable bonds is 5. The summed E-state index contributed by atoms with van der Waals surface area (Å²) in [5.74, 6) is -0.979. The fourth-order valence-corrected chi connectivity index (χ4v) is 3.90. The van der Waals surface area contributed by atoms with Crippen LogP contribution in [0.25, 0.3) is 0 Å². The van der Waals surface area contributed by atoms with Crippen molar-refractivity contribution < 1.29 is 19.1 Å². The van der Waals surface area contributed by atoms with Gasteiger partial charge in [-0.1, -0.05) is 13.2 Å². The fourth-order valence-electron chi connectivity index (χ4n) is 1.57. The van der Waals surface area contributed by atoms with Crippen molar-refractivity contribution in [3.8, 4) is 0 Å². The van der Waals surface area contributed by atoms with Crippen LogP contribution in [-0.2, 0) is 19.1 Å². The molecule has 0 bridgehead atoms. The van der Waals surface area contributed by atoms with Gasteiger partial charge in [-0.3, -0.25) is 0 Å². The standard InChI is InChI=1S/C10H14O4.C6H6Cl6/c1-7(2)9(11)13-5-6-14-10(12)8(3)4;7-1-2(8)4(10)6(12)5(11)3(1)9/h1,3,5-6H2,2,4H3;1-6H. The second-order valence-electron chi connectivity index (χ2n) is 5.50. The highest BCUT2D eigenvalue weighted by Crippen LogP contribution is 2.39. The van der Waals surface area contributed by atoms with Crippen LogP contribution in [0.4, 0.5) is 0 Å². The predicted molar refractivity (Wildman–Crippen MR) is 109 cm³/mol. The van der Waals surface area contributed by atoms with Gasteiger partial charge in [0.15, 0.2) is 0 Å². The molecule has 1 saturated carbocycles. The normalized spacial score (nSPS) is 30.5. The second kappa shape index (κ2) is 12.6. The lowest BCUT2D eigenvalue weighted by Gasteiger charge is -2.37. The molecule has 150 valence electrons. The van der Waals surface area contributed by atoms with Crippen LogP contribution in [0.5, 0.6) is 0 Å². The first-order valence-corrected chi connectivity index (χ1v) is 10.0. The third-order valence-electron chi connectivity index (χ3n) is 3.07. The zero-order valence-electron chi connectivity index (χ0n) is 14.2. The van der Waals surface area contributed by atoms with Gasteiger partial charge in [0.05, 0.1) is 32.3 Å². The van der Waals surface area contributed by atoms with E-state index in [4.69, 9.17) is 69.6 Å². The molecule has 1 aliphatic carbocycles. The highest BCUT2D eigenvalue weighted by atomic mass is 35.5. The van der Waals surface area contributed by atoms with E-state index in [0.717, 1.165) is 0 Å². The SMILES string of the molecule is C=C(C)C(=O)OCCOC(=O)C(=C)C.ClC1C(Cl)C(Cl)C(Cl)C(Cl)C1Cl. The first kappa shape index (κ1) is 26.2. The molecule has 26 heavy (non-hydrogen) atoms. The third kappa shape index (κ3) is 8.45. The molecule has 0 aromatic carbocycles. The Labute approximate surface area is 183 Å². The van der Waals surface area contributed by atoms with E-state index in [1.807, 2.05) is 0 Å². The van der Waals surface area contributed by atoms with Gasteiger partial charge in [-0.05, 0) is 13.8 Å². The molecule has 1 fully saturated rings. The molecule has 10 heteroatoms. The summed E-state index contributed by atoms with van der Waals surface area (Å²) in [5.41, 5.74) is 0.632. The lowest BCUT2D eigenvalue weighted by atomic mass is 9.97. The van der Waals surface area contributed by atoms with Crippen molar-refractivity contribution in [3.05, 3.63) is 24.3 Å². The Morgan fingerprint density at radius 3 is 1.00 bits per heavy atom. The summed E-state index contributed by atoms with van der Waals surface area (Å²) in [6.07, 6.45) is 0. The zero-order valence-corrected chi connectivity index (χ0v) is 18.7. The van der Waals surface area contributed by atoms with Crippen LogP contribution < -0.4 is 0 Å². The molecule has 0 spiro atoms. The molecule has 0 aromatic rings. The average molecular weight is 489 g/mol. The Balaban J connectivity index is 0.000000485. The topological polar surface area (TPSA) is 52.6 Å². The van der Waals surface area contributed by atoms with Crippen LogP contribution >= 0.6 is 69.6 Å². The highest BCUT2D eigenvalue weighted by molar-refractivity contribution is 6.45. The Kier molecular flexibility index (Phi) is 12.7. The van der Waals surface area contributed by atoms with E-state index in [1.165, 1.54) is 0 Å². The predicted octanol–water partition coefficient (Wildman–Crippen LogP) is 4.87. The molecular weight excluding hydrogens is 469 g/mol. The maximum Gasteiger partial charge on any atom is 0.333 e. The number of hydrogen-bond donors (Lipinski definition) is 0. The molecule has 0 atom stereocenters. The molecule has 0 radical (unpaired) electrons. The van der Waals surface area contributed by atoms with E-state index >= 15 is 0 Å². The van der Waals surface area contributed by atoms with Gasteiger partial charge < -0.3 is 9.47 Å². The third-order valence-corrected chi connectivity index (χ3v) is 7.10. The minimum absolute atomic E-state index is 0.0325. The summed E-state index contributed by atoms with van der Waals surface area (Å²) in [5, 5.41) is -2.62. The van der Waals surface area contributed by atoms with Crippen LogP contribution in [-0.4, -0.2) is 57.4 Å². The molecule has 0 heterocycles. The van der Waals surface area contributed by atoms with Crippen LogP contribution in [0.3, 0.4) is 0 Å². The number of halogens is 6. The molecule has 0 N–H and O–H groups in total. The summed E-state index contributed by atoms with van der Waals surface area (Å²) < 4.78 is 9.38. The second-order valence-corrected chi connectivity index (χ2v) is 8.52. The van der Waals surface area contributed by atoms with Gasteiger partial charge in [0.25, 0.3) is 0 Å². The van der Waals surface area contributed by atoms with Crippen molar-refractivity contribution in [2.45, 2.75) is 46.1 Å². The van der Waals surface area contributed by atoms with Crippen LogP contribution in [0, 0.1) is 0 Å². The number of carbonyl (C=O) groups is 2. The summed E-state index contributed by atoms with van der Waals surface area (Å²) in [4.78, 5) is 21.7. The van der Waals surface area contributed by atoms with Gasteiger partial charge in [-0.2, -0.15) is 0 Å². The first-order chi connectivity index (χ1) is 11.9. The molecule has 1 rings (SSSR count). The monoisotopic (exact) mass is 486 g/mol. The van der Waals surface area contributed by atoms with E-state index in [-0.39, 0.29) is 13.2 Å². The smallest absolute Gasteiger partial charge is 0.333 e. The van der Waals surface area contributed by atoms with Gasteiger partial charge in [0.2, 0.25) is 0 Å². The number of carbonyl (C=O) groups excluding carboxylic acids is 2. The number of alkyl halides is 6. The highest BCUT2D eigenvalue weighted by Gasteiger charge is 2.46. The molecule has 4 nitrogen and oxygen atoms in total. The molecule has 1 aliphatic rings. The first-order valence-electron chi connectivity index (χ1n) is 7.41. The van der Waals surface area contributed by atoms with Crippen molar-refractivity contribution >= 4 is 81.5 Å². The summed E-state index contributed by atoms with van der Waals surface area (Å²) in [6, 6.07) is 0. The van der Waals surface area contributed by atoms with Crippen molar-refractivity contribution in [1.29, 1.82) is 0 Å². The molecule has 0 amide bonds. The van der Waals surface area contributed by atoms with E-state index in [2.05, 4.69) is 22.6 Å². The lowest BCUT2D eigenvalue weighted by Crippen LogP contribution is -2.52. The Hall–Kier alpha value is 0.160. The molecule has 0 unspecified atom stereocenters.